The number of carbonyl (C=O) groups excluding carboxylic acids is 1. The Morgan fingerprint density at radius 3 is 2.72 bits per heavy atom. The summed E-state index contributed by atoms with van der Waals surface area (Å²) in [5, 5.41) is 5.27. The normalized spacial score (nSPS) is 18.9. The van der Waals surface area contributed by atoms with E-state index in [1.54, 1.807) is 35.7 Å². The van der Waals surface area contributed by atoms with Crippen LogP contribution in [0, 0.1) is 5.92 Å². The Hall–Kier alpha value is -1.12. The van der Waals surface area contributed by atoms with Gasteiger partial charge in [0.2, 0.25) is 5.91 Å². The monoisotopic (exact) mass is 418 g/mol. The van der Waals surface area contributed by atoms with Gasteiger partial charge in [-0.25, -0.2) is 8.42 Å². The van der Waals surface area contributed by atoms with E-state index in [1.807, 2.05) is 0 Å². The van der Waals surface area contributed by atoms with Gasteiger partial charge in [-0.1, -0.05) is 29.3 Å². The lowest BCUT2D eigenvalue weighted by atomic mass is 9.99. The highest BCUT2D eigenvalue weighted by Crippen LogP contribution is 2.28. The molecule has 1 aliphatic heterocycles. The van der Waals surface area contributed by atoms with Gasteiger partial charge in [0.05, 0.1) is 16.0 Å². The molecule has 0 radical (unpaired) electrons. The number of nitrogens with zero attached hydrogens (tertiary/aromatic N) is 1. The number of hydrogen-bond donors (Lipinski definition) is 1. The molecule has 1 N–H and O–H groups in total. The summed E-state index contributed by atoms with van der Waals surface area (Å²) in [6.07, 6.45) is 1.29. The Bertz CT molecular complexity index is 870. The zero-order valence-electron chi connectivity index (χ0n) is 13.1. The molecule has 1 amide bonds. The molecule has 0 bridgehead atoms. The number of amides is 1. The first-order valence-electron chi connectivity index (χ1n) is 7.67. The Balaban J connectivity index is 1.70. The third-order valence-corrected chi connectivity index (χ3v) is 8.01. The van der Waals surface area contributed by atoms with Crippen molar-refractivity contribution in [3.05, 3.63) is 45.8 Å². The standard InChI is InChI=1S/C16H16Cl2N2O3S2/c17-13-6-5-12(9-14(13)18)19-16(21)11-3-1-7-20(10-11)25(22,23)15-4-2-8-24-15/h2,4-6,8-9,11H,1,3,7,10H2,(H,19,21)/t11-/m0/s1. The maximum Gasteiger partial charge on any atom is 0.252 e. The summed E-state index contributed by atoms with van der Waals surface area (Å²) in [7, 11) is -3.54. The fourth-order valence-corrected chi connectivity index (χ4v) is 5.70. The molecule has 1 atom stereocenters. The van der Waals surface area contributed by atoms with E-state index in [4.69, 9.17) is 23.2 Å². The van der Waals surface area contributed by atoms with Crippen LogP contribution in [0.4, 0.5) is 5.69 Å². The lowest BCUT2D eigenvalue weighted by Crippen LogP contribution is -2.43. The zero-order chi connectivity index (χ0) is 18.0. The van der Waals surface area contributed by atoms with Crippen LogP contribution in [0.1, 0.15) is 12.8 Å². The van der Waals surface area contributed by atoms with E-state index in [1.165, 1.54) is 15.6 Å². The van der Waals surface area contributed by atoms with Gasteiger partial charge in [-0.2, -0.15) is 4.31 Å². The molecule has 1 saturated heterocycles. The highest BCUT2D eigenvalue weighted by Gasteiger charge is 2.33. The van der Waals surface area contributed by atoms with E-state index in [9.17, 15) is 13.2 Å². The molecule has 1 aromatic carbocycles. The van der Waals surface area contributed by atoms with Crippen molar-refractivity contribution in [2.45, 2.75) is 17.1 Å². The molecular formula is C16H16Cl2N2O3S2. The average Bonchev–Trinajstić information content (AvgIpc) is 3.14. The summed E-state index contributed by atoms with van der Waals surface area (Å²) < 4.78 is 27.0. The third-order valence-electron chi connectivity index (χ3n) is 4.03. The highest BCUT2D eigenvalue weighted by molar-refractivity contribution is 7.91. The summed E-state index contributed by atoms with van der Waals surface area (Å²) in [6.45, 7) is 0.601. The fourth-order valence-electron chi connectivity index (χ4n) is 2.73. The van der Waals surface area contributed by atoms with Crippen molar-refractivity contribution in [3.63, 3.8) is 0 Å². The molecule has 3 rings (SSSR count). The van der Waals surface area contributed by atoms with Gasteiger partial charge in [0.25, 0.3) is 10.0 Å². The predicted octanol–water partition coefficient (Wildman–Crippen LogP) is 4.09. The minimum Gasteiger partial charge on any atom is -0.326 e. The first-order chi connectivity index (χ1) is 11.9. The Morgan fingerprint density at radius 2 is 2.04 bits per heavy atom. The number of nitrogens with one attached hydrogen (secondary N) is 1. The molecular weight excluding hydrogens is 403 g/mol. The Kier molecular flexibility index (Phi) is 5.70. The van der Waals surface area contributed by atoms with E-state index >= 15 is 0 Å². The molecule has 0 spiro atoms. The van der Waals surface area contributed by atoms with E-state index in [0.717, 1.165) is 0 Å². The van der Waals surface area contributed by atoms with Gasteiger partial charge in [-0.15, -0.1) is 11.3 Å². The van der Waals surface area contributed by atoms with Crippen molar-refractivity contribution in [1.29, 1.82) is 0 Å². The molecule has 1 aromatic heterocycles. The van der Waals surface area contributed by atoms with Crippen molar-refractivity contribution in [1.82, 2.24) is 4.31 Å². The maximum atomic E-state index is 12.6. The quantitative estimate of drug-likeness (QED) is 0.812. The van der Waals surface area contributed by atoms with Crippen LogP contribution in [0.3, 0.4) is 0 Å². The van der Waals surface area contributed by atoms with Crippen LogP contribution >= 0.6 is 34.5 Å². The molecule has 9 heteroatoms. The number of rotatable bonds is 4. The second-order valence-corrected chi connectivity index (χ2v) is 9.68. The molecule has 25 heavy (non-hydrogen) atoms. The van der Waals surface area contributed by atoms with Crippen LogP contribution in [0.5, 0.6) is 0 Å². The second kappa shape index (κ2) is 7.63. The van der Waals surface area contributed by atoms with Gasteiger partial charge in [0.1, 0.15) is 4.21 Å². The number of benzene rings is 1. The molecule has 0 unspecified atom stereocenters. The number of sulfonamides is 1. The number of carbonyl (C=O) groups is 1. The number of halogens is 2. The summed E-state index contributed by atoms with van der Waals surface area (Å²) >= 11 is 13.0. The molecule has 2 heterocycles. The van der Waals surface area contributed by atoms with Gasteiger partial charge in [-0.3, -0.25) is 4.79 Å². The summed E-state index contributed by atoms with van der Waals surface area (Å²) in [5.41, 5.74) is 0.539. The molecule has 1 fully saturated rings. The van der Waals surface area contributed by atoms with Crippen molar-refractivity contribution in [3.8, 4) is 0 Å². The van der Waals surface area contributed by atoms with Gasteiger partial charge in [-0.05, 0) is 42.5 Å². The highest BCUT2D eigenvalue weighted by atomic mass is 35.5. The smallest absolute Gasteiger partial charge is 0.252 e. The topological polar surface area (TPSA) is 66.5 Å². The van der Waals surface area contributed by atoms with Crippen LogP contribution in [-0.4, -0.2) is 31.7 Å². The molecule has 5 nitrogen and oxygen atoms in total. The lowest BCUT2D eigenvalue weighted by Gasteiger charge is -2.30. The first-order valence-corrected chi connectivity index (χ1v) is 10.7. The predicted molar refractivity (Wildman–Crippen MR) is 101 cm³/mol. The van der Waals surface area contributed by atoms with Gasteiger partial charge in [0.15, 0.2) is 0 Å². The Morgan fingerprint density at radius 1 is 1.24 bits per heavy atom. The third kappa shape index (κ3) is 4.17. The van der Waals surface area contributed by atoms with E-state index < -0.39 is 15.9 Å². The van der Waals surface area contributed by atoms with E-state index in [-0.39, 0.29) is 12.5 Å². The molecule has 134 valence electrons. The summed E-state index contributed by atoms with van der Waals surface area (Å²) in [6, 6.07) is 8.13. The van der Waals surface area contributed by atoms with Gasteiger partial charge < -0.3 is 5.32 Å². The second-order valence-electron chi connectivity index (χ2n) is 5.75. The molecule has 2 aromatic rings. The molecule has 0 aliphatic carbocycles. The van der Waals surface area contributed by atoms with E-state index in [0.29, 0.717) is 39.3 Å². The van der Waals surface area contributed by atoms with Crippen LogP contribution in [0.25, 0.3) is 0 Å². The number of anilines is 1. The van der Waals surface area contributed by atoms with Crippen LogP contribution in [0.2, 0.25) is 10.0 Å². The van der Waals surface area contributed by atoms with Crippen molar-refractivity contribution >= 4 is 56.2 Å². The summed E-state index contributed by atoms with van der Waals surface area (Å²) in [4.78, 5) is 12.5. The molecule has 1 aliphatic rings. The number of hydrogen-bond acceptors (Lipinski definition) is 4. The largest absolute Gasteiger partial charge is 0.326 e. The Labute approximate surface area is 160 Å². The van der Waals surface area contributed by atoms with Crippen molar-refractivity contribution in [2.24, 2.45) is 5.92 Å². The number of thiophene rings is 1. The minimum absolute atomic E-state index is 0.174. The first kappa shape index (κ1) is 18.7. The maximum absolute atomic E-state index is 12.6. The van der Waals surface area contributed by atoms with Crippen LogP contribution in [-0.2, 0) is 14.8 Å². The SMILES string of the molecule is O=C(Nc1ccc(Cl)c(Cl)c1)[C@H]1CCCN(S(=O)(=O)c2cccs2)C1. The lowest BCUT2D eigenvalue weighted by molar-refractivity contribution is -0.120. The van der Waals surface area contributed by atoms with E-state index in [2.05, 4.69) is 5.32 Å². The number of piperidine rings is 1. The van der Waals surface area contributed by atoms with Gasteiger partial charge in [0, 0.05) is 18.8 Å². The summed E-state index contributed by atoms with van der Waals surface area (Å²) in [5.74, 6) is -0.623. The molecule has 0 saturated carbocycles. The van der Waals surface area contributed by atoms with Crippen molar-refractivity contribution in [2.75, 3.05) is 18.4 Å². The van der Waals surface area contributed by atoms with Crippen molar-refractivity contribution < 1.29 is 13.2 Å². The van der Waals surface area contributed by atoms with Crippen LogP contribution in [0.15, 0.2) is 39.9 Å². The van der Waals surface area contributed by atoms with Gasteiger partial charge >= 0.3 is 0 Å². The van der Waals surface area contributed by atoms with Crippen LogP contribution < -0.4 is 5.32 Å². The average molecular weight is 419 g/mol. The zero-order valence-corrected chi connectivity index (χ0v) is 16.3. The fraction of sp³-hybridized carbons (Fsp3) is 0.312. The minimum atomic E-state index is -3.54.